The van der Waals surface area contributed by atoms with Crippen LogP contribution in [0.15, 0.2) is 54.6 Å². The molecule has 2 aromatic carbocycles. The minimum absolute atomic E-state index is 0.140. The molecule has 1 saturated heterocycles. The maximum Gasteiger partial charge on any atom is 0.255 e. The summed E-state index contributed by atoms with van der Waals surface area (Å²) in [5.41, 5.74) is 1.22. The number of amides is 3. The van der Waals surface area contributed by atoms with Crippen LogP contribution < -0.4 is 15.0 Å². The molecule has 32 heavy (non-hydrogen) atoms. The fourth-order valence-corrected chi connectivity index (χ4v) is 6.14. The highest BCUT2D eigenvalue weighted by atomic mass is 35.5. The maximum atomic E-state index is 13.3. The number of nitrogens with one attached hydrogen (secondary N) is 1. The number of imide groups is 1. The summed E-state index contributed by atoms with van der Waals surface area (Å²) in [5.74, 6) is 0.708. The van der Waals surface area contributed by atoms with Crippen molar-refractivity contribution in [3.63, 3.8) is 0 Å². The number of allylic oxidation sites excluding steroid dienone is 2. The Morgan fingerprint density at radius 1 is 1.03 bits per heavy atom. The second-order valence-electron chi connectivity index (χ2n) is 9.02. The van der Waals surface area contributed by atoms with Crippen molar-refractivity contribution in [3.05, 3.63) is 65.2 Å². The van der Waals surface area contributed by atoms with Gasteiger partial charge in [-0.1, -0.05) is 29.8 Å². The van der Waals surface area contributed by atoms with Crippen LogP contribution in [0.4, 0.5) is 11.4 Å². The van der Waals surface area contributed by atoms with Gasteiger partial charge in [-0.25, -0.2) is 4.90 Å². The molecule has 3 amide bonds. The van der Waals surface area contributed by atoms with Gasteiger partial charge in [-0.05, 0) is 66.5 Å². The van der Waals surface area contributed by atoms with Gasteiger partial charge in [0, 0.05) is 10.6 Å². The maximum absolute atomic E-state index is 13.3. The third kappa shape index (κ3) is 2.75. The summed E-state index contributed by atoms with van der Waals surface area (Å²) in [4.78, 5) is 40.9. The number of anilines is 2. The summed E-state index contributed by atoms with van der Waals surface area (Å²) in [5, 5.41) is 3.26. The zero-order valence-corrected chi connectivity index (χ0v) is 18.1. The van der Waals surface area contributed by atoms with Crippen LogP contribution in [-0.4, -0.2) is 24.8 Å². The van der Waals surface area contributed by atoms with Crippen LogP contribution in [-0.2, 0) is 9.59 Å². The lowest BCUT2D eigenvalue weighted by Crippen LogP contribution is -2.40. The van der Waals surface area contributed by atoms with Crippen LogP contribution >= 0.6 is 11.6 Å². The van der Waals surface area contributed by atoms with E-state index >= 15 is 0 Å². The topological polar surface area (TPSA) is 75.7 Å². The third-order valence-electron chi connectivity index (χ3n) is 7.44. The Hall–Kier alpha value is -3.12. The van der Waals surface area contributed by atoms with Crippen molar-refractivity contribution < 1.29 is 19.1 Å². The molecule has 0 spiro atoms. The van der Waals surface area contributed by atoms with Crippen LogP contribution in [0, 0.1) is 35.5 Å². The molecule has 1 N–H and O–H groups in total. The Morgan fingerprint density at radius 3 is 2.38 bits per heavy atom. The van der Waals surface area contributed by atoms with E-state index in [4.69, 9.17) is 16.3 Å². The Bertz CT molecular complexity index is 1170. The SMILES string of the molecule is COc1ccc(Cl)cc1NC(=O)c1cccc(N2C(=O)[C@@H]3[C@H]4C=C[C@@H]([C@@H]5C[C@H]45)[C@@H]3C2=O)c1. The smallest absolute Gasteiger partial charge is 0.255 e. The largest absolute Gasteiger partial charge is 0.495 e. The molecule has 162 valence electrons. The molecule has 2 saturated carbocycles. The molecule has 0 unspecified atom stereocenters. The summed E-state index contributed by atoms with van der Waals surface area (Å²) in [7, 11) is 1.51. The van der Waals surface area contributed by atoms with Crippen LogP contribution in [0.25, 0.3) is 0 Å². The molecule has 2 aromatic rings. The molecule has 1 aliphatic heterocycles. The van der Waals surface area contributed by atoms with Crippen LogP contribution in [0.3, 0.4) is 0 Å². The molecule has 7 rings (SSSR count). The number of halogens is 1. The van der Waals surface area contributed by atoms with Crippen molar-refractivity contribution in [2.45, 2.75) is 6.42 Å². The average molecular weight is 449 g/mol. The first-order valence-corrected chi connectivity index (χ1v) is 11.2. The second-order valence-corrected chi connectivity index (χ2v) is 9.45. The predicted molar refractivity (Wildman–Crippen MR) is 120 cm³/mol. The number of hydrogen-bond acceptors (Lipinski definition) is 4. The van der Waals surface area contributed by atoms with Crippen molar-refractivity contribution in [1.82, 2.24) is 0 Å². The van der Waals surface area contributed by atoms with Gasteiger partial charge in [-0.3, -0.25) is 14.4 Å². The quantitative estimate of drug-likeness (QED) is 0.563. The van der Waals surface area contributed by atoms with Crippen LogP contribution in [0.1, 0.15) is 16.8 Å². The third-order valence-corrected chi connectivity index (χ3v) is 7.67. The van der Waals surface area contributed by atoms with E-state index in [1.807, 2.05) is 0 Å². The summed E-state index contributed by atoms with van der Waals surface area (Å²) >= 11 is 6.05. The van der Waals surface area contributed by atoms with Crippen molar-refractivity contribution in [3.8, 4) is 5.75 Å². The number of benzene rings is 2. The second kappa shape index (κ2) is 6.94. The Morgan fingerprint density at radius 2 is 1.72 bits per heavy atom. The number of hydrogen-bond donors (Lipinski definition) is 1. The summed E-state index contributed by atoms with van der Waals surface area (Å²) in [6, 6.07) is 11.6. The van der Waals surface area contributed by atoms with Gasteiger partial charge in [0.05, 0.1) is 30.3 Å². The van der Waals surface area contributed by atoms with Crippen molar-refractivity contribution >= 4 is 40.7 Å². The van der Waals surface area contributed by atoms with Gasteiger partial charge in [0.15, 0.2) is 0 Å². The van der Waals surface area contributed by atoms with E-state index in [1.54, 1.807) is 42.5 Å². The fraction of sp³-hybridized carbons (Fsp3) is 0.320. The molecule has 0 radical (unpaired) electrons. The van der Waals surface area contributed by atoms with E-state index in [0.29, 0.717) is 39.5 Å². The van der Waals surface area contributed by atoms with Gasteiger partial charge in [0.2, 0.25) is 11.8 Å². The number of nitrogens with zero attached hydrogens (tertiary/aromatic N) is 1. The minimum Gasteiger partial charge on any atom is -0.495 e. The summed E-state index contributed by atoms with van der Waals surface area (Å²) < 4.78 is 5.29. The summed E-state index contributed by atoms with van der Waals surface area (Å²) in [6.07, 6.45) is 5.42. The van der Waals surface area contributed by atoms with Gasteiger partial charge in [0.25, 0.3) is 5.91 Å². The van der Waals surface area contributed by atoms with Crippen LogP contribution in [0.2, 0.25) is 5.02 Å². The molecule has 3 fully saturated rings. The van der Waals surface area contributed by atoms with Gasteiger partial charge in [0.1, 0.15) is 5.75 Å². The molecular formula is C25H21ClN2O4. The molecule has 2 bridgehead atoms. The molecule has 6 nitrogen and oxygen atoms in total. The van der Waals surface area contributed by atoms with E-state index in [1.165, 1.54) is 12.0 Å². The van der Waals surface area contributed by atoms with Crippen molar-refractivity contribution in [2.24, 2.45) is 35.5 Å². The van der Waals surface area contributed by atoms with Gasteiger partial charge >= 0.3 is 0 Å². The van der Waals surface area contributed by atoms with Gasteiger partial charge < -0.3 is 10.1 Å². The minimum atomic E-state index is -0.382. The van der Waals surface area contributed by atoms with Crippen molar-refractivity contribution in [1.29, 1.82) is 0 Å². The monoisotopic (exact) mass is 448 g/mol. The van der Waals surface area contributed by atoms with Gasteiger partial charge in [-0.2, -0.15) is 0 Å². The number of carbonyl (C=O) groups is 3. The normalized spacial score (nSPS) is 31.4. The first-order valence-electron chi connectivity index (χ1n) is 10.8. The number of carbonyl (C=O) groups excluding carboxylic acids is 3. The lowest BCUT2D eigenvalue weighted by Gasteiger charge is -2.37. The first-order chi connectivity index (χ1) is 15.5. The zero-order chi connectivity index (χ0) is 22.1. The Kier molecular flexibility index (Phi) is 4.24. The molecule has 1 heterocycles. The van der Waals surface area contributed by atoms with Gasteiger partial charge in [-0.15, -0.1) is 0 Å². The van der Waals surface area contributed by atoms with Crippen LogP contribution in [0.5, 0.6) is 5.75 Å². The van der Waals surface area contributed by atoms with E-state index in [0.717, 1.165) is 6.42 Å². The highest BCUT2D eigenvalue weighted by molar-refractivity contribution is 6.31. The molecular weight excluding hydrogens is 428 g/mol. The van der Waals surface area contributed by atoms with E-state index in [2.05, 4.69) is 17.5 Å². The highest BCUT2D eigenvalue weighted by Crippen LogP contribution is 2.65. The number of rotatable bonds is 4. The highest BCUT2D eigenvalue weighted by Gasteiger charge is 2.67. The number of ether oxygens (including phenoxy) is 1. The average Bonchev–Trinajstić information content (AvgIpc) is 3.57. The van der Waals surface area contributed by atoms with E-state index in [9.17, 15) is 14.4 Å². The molecule has 7 heteroatoms. The standard InChI is InChI=1S/C25H21ClN2O4/c1-32-20-8-5-13(26)10-19(20)27-23(29)12-3-2-4-14(9-12)28-24(30)21-15-6-7-16(18-11-17(15)18)22(21)25(28)31/h2-10,15-18,21-22H,11H2,1H3,(H,27,29)/t15-,16-,17-,18+,21-,22+/m0/s1. The Labute approximate surface area is 190 Å². The zero-order valence-electron chi connectivity index (χ0n) is 17.3. The molecule has 0 aromatic heterocycles. The van der Waals surface area contributed by atoms with E-state index < -0.39 is 0 Å². The lowest BCUT2D eigenvalue weighted by atomic mass is 9.63. The first kappa shape index (κ1) is 19.6. The fourth-order valence-electron chi connectivity index (χ4n) is 5.97. The molecule has 5 aliphatic rings. The Balaban J connectivity index is 1.28. The summed E-state index contributed by atoms with van der Waals surface area (Å²) in [6.45, 7) is 0. The molecule has 4 aliphatic carbocycles. The number of methoxy groups -OCH3 is 1. The molecule has 6 atom stereocenters. The van der Waals surface area contributed by atoms with E-state index in [-0.39, 0.29) is 41.4 Å². The lowest BCUT2D eigenvalue weighted by molar-refractivity contribution is -0.124. The van der Waals surface area contributed by atoms with Crippen molar-refractivity contribution in [2.75, 3.05) is 17.3 Å². The predicted octanol–water partition coefficient (Wildman–Crippen LogP) is 4.16.